The summed E-state index contributed by atoms with van der Waals surface area (Å²) in [6.07, 6.45) is 0. The standard InChI is InChI=1S/C16H24N2O2/c1-4-18(12-14(2)3)13-16(19)17-10-11-20-15-8-6-5-7-9-15/h5-9H,2,4,10-13H2,1,3H3,(H,17,19). The quantitative estimate of drug-likeness (QED) is 0.554. The Morgan fingerprint density at radius 3 is 2.60 bits per heavy atom. The maximum absolute atomic E-state index is 11.8. The summed E-state index contributed by atoms with van der Waals surface area (Å²) in [7, 11) is 0. The molecule has 0 saturated heterocycles. The molecule has 0 bridgehead atoms. The predicted octanol–water partition coefficient (Wildman–Crippen LogP) is 2.08. The zero-order chi connectivity index (χ0) is 14.8. The third-order valence-corrected chi connectivity index (χ3v) is 2.74. The van der Waals surface area contributed by atoms with E-state index in [-0.39, 0.29) is 5.91 Å². The molecule has 1 rings (SSSR count). The molecule has 0 spiro atoms. The molecule has 1 amide bonds. The number of nitrogens with one attached hydrogen (secondary N) is 1. The molecule has 0 aliphatic rings. The molecule has 4 nitrogen and oxygen atoms in total. The van der Waals surface area contributed by atoms with Crippen molar-refractivity contribution < 1.29 is 9.53 Å². The van der Waals surface area contributed by atoms with Gasteiger partial charge in [0, 0.05) is 6.54 Å². The average molecular weight is 276 g/mol. The van der Waals surface area contributed by atoms with Crippen LogP contribution in [0.5, 0.6) is 5.75 Å². The highest BCUT2D eigenvalue weighted by atomic mass is 16.5. The number of para-hydroxylation sites is 1. The summed E-state index contributed by atoms with van der Waals surface area (Å²) in [4.78, 5) is 13.8. The van der Waals surface area contributed by atoms with Crippen LogP contribution in [0.3, 0.4) is 0 Å². The number of benzene rings is 1. The lowest BCUT2D eigenvalue weighted by atomic mass is 10.3. The monoisotopic (exact) mass is 276 g/mol. The molecular formula is C16H24N2O2. The summed E-state index contributed by atoms with van der Waals surface area (Å²) in [5.41, 5.74) is 1.06. The molecule has 0 aliphatic carbocycles. The summed E-state index contributed by atoms with van der Waals surface area (Å²) >= 11 is 0. The van der Waals surface area contributed by atoms with Crippen LogP contribution in [0.4, 0.5) is 0 Å². The maximum Gasteiger partial charge on any atom is 0.234 e. The number of likely N-dealkylation sites (N-methyl/N-ethyl adjacent to an activating group) is 1. The molecule has 4 heteroatoms. The van der Waals surface area contributed by atoms with Gasteiger partial charge in [0.05, 0.1) is 13.1 Å². The van der Waals surface area contributed by atoms with Gasteiger partial charge in [0.25, 0.3) is 0 Å². The van der Waals surface area contributed by atoms with Crippen LogP contribution < -0.4 is 10.1 Å². The topological polar surface area (TPSA) is 41.6 Å². The van der Waals surface area contributed by atoms with Crippen molar-refractivity contribution in [2.24, 2.45) is 0 Å². The summed E-state index contributed by atoms with van der Waals surface area (Å²) in [5, 5.41) is 2.86. The highest BCUT2D eigenvalue weighted by molar-refractivity contribution is 5.78. The molecule has 0 heterocycles. The van der Waals surface area contributed by atoms with Crippen molar-refractivity contribution in [2.75, 3.05) is 32.8 Å². The van der Waals surface area contributed by atoms with E-state index in [0.717, 1.165) is 24.4 Å². The Kier molecular flexibility index (Phi) is 7.43. The fraction of sp³-hybridized carbons (Fsp3) is 0.438. The third-order valence-electron chi connectivity index (χ3n) is 2.74. The second kappa shape index (κ2) is 9.15. The Hall–Kier alpha value is -1.81. The first-order valence-electron chi connectivity index (χ1n) is 6.93. The number of hydrogen-bond donors (Lipinski definition) is 1. The minimum atomic E-state index is 0.0183. The number of carbonyl (C=O) groups excluding carboxylic acids is 1. The van der Waals surface area contributed by atoms with Gasteiger partial charge in [-0.2, -0.15) is 0 Å². The first kappa shape index (κ1) is 16.2. The van der Waals surface area contributed by atoms with Gasteiger partial charge in [0.1, 0.15) is 12.4 Å². The van der Waals surface area contributed by atoms with E-state index in [1.807, 2.05) is 44.2 Å². The van der Waals surface area contributed by atoms with Crippen LogP contribution in [-0.4, -0.2) is 43.6 Å². The van der Waals surface area contributed by atoms with E-state index in [1.165, 1.54) is 0 Å². The number of hydrogen-bond acceptors (Lipinski definition) is 3. The van der Waals surface area contributed by atoms with Gasteiger partial charge in [0.15, 0.2) is 0 Å². The van der Waals surface area contributed by atoms with Gasteiger partial charge in [-0.1, -0.05) is 37.3 Å². The largest absolute Gasteiger partial charge is 0.492 e. The maximum atomic E-state index is 11.8. The minimum absolute atomic E-state index is 0.0183. The van der Waals surface area contributed by atoms with Crippen LogP contribution in [0.25, 0.3) is 0 Å². The van der Waals surface area contributed by atoms with Crippen LogP contribution in [0, 0.1) is 0 Å². The second-order valence-electron chi connectivity index (χ2n) is 4.77. The second-order valence-corrected chi connectivity index (χ2v) is 4.77. The van der Waals surface area contributed by atoms with Crippen molar-refractivity contribution in [3.05, 3.63) is 42.5 Å². The lowest BCUT2D eigenvalue weighted by Gasteiger charge is -2.19. The van der Waals surface area contributed by atoms with Gasteiger partial charge in [-0.3, -0.25) is 9.69 Å². The highest BCUT2D eigenvalue weighted by Crippen LogP contribution is 2.07. The molecule has 0 atom stereocenters. The summed E-state index contributed by atoms with van der Waals surface area (Å²) in [6.45, 7) is 10.8. The van der Waals surface area contributed by atoms with E-state index in [1.54, 1.807) is 0 Å². The van der Waals surface area contributed by atoms with Gasteiger partial charge < -0.3 is 10.1 Å². The van der Waals surface area contributed by atoms with E-state index in [0.29, 0.717) is 19.7 Å². The van der Waals surface area contributed by atoms with E-state index >= 15 is 0 Å². The molecule has 0 fully saturated rings. The Morgan fingerprint density at radius 2 is 2.00 bits per heavy atom. The van der Waals surface area contributed by atoms with Gasteiger partial charge in [-0.05, 0) is 25.6 Å². The molecule has 0 aromatic heterocycles. The summed E-state index contributed by atoms with van der Waals surface area (Å²) in [6, 6.07) is 9.58. The SMILES string of the molecule is C=C(C)CN(CC)CC(=O)NCCOc1ccccc1. The number of ether oxygens (including phenoxy) is 1. The first-order chi connectivity index (χ1) is 9.61. The smallest absolute Gasteiger partial charge is 0.234 e. The van der Waals surface area contributed by atoms with Crippen LogP contribution in [0.1, 0.15) is 13.8 Å². The minimum Gasteiger partial charge on any atom is -0.492 e. The van der Waals surface area contributed by atoms with E-state index < -0.39 is 0 Å². The van der Waals surface area contributed by atoms with Gasteiger partial charge in [-0.15, -0.1) is 0 Å². The lowest BCUT2D eigenvalue weighted by Crippen LogP contribution is -2.39. The van der Waals surface area contributed by atoms with Crippen LogP contribution >= 0.6 is 0 Å². The lowest BCUT2D eigenvalue weighted by molar-refractivity contribution is -0.122. The molecular weight excluding hydrogens is 252 g/mol. The summed E-state index contributed by atoms with van der Waals surface area (Å²) < 4.78 is 5.51. The molecule has 0 aliphatic heterocycles. The molecule has 1 N–H and O–H groups in total. The van der Waals surface area contributed by atoms with Crippen LogP contribution in [0.15, 0.2) is 42.5 Å². The van der Waals surface area contributed by atoms with Crippen molar-refractivity contribution in [3.63, 3.8) is 0 Å². The number of amides is 1. The fourth-order valence-electron chi connectivity index (χ4n) is 1.80. The average Bonchev–Trinajstić information content (AvgIpc) is 2.43. The molecule has 1 aromatic rings. The van der Waals surface area contributed by atoms with Crippen LogP contribution in [-0.2, 0) is 4.79 Å². The van der Waals surface area contributed by atoms with Crippen molar-refractivity contribution in [3.8, 4) is 5.75 Å². The molecule has 0 saturated carbocycles. The van der Waals surface area contributed by atoms with Crippen LogP contribution in [0.2, 0.25) is 0 Å². The highest BCUT2D eigenvalue weighted by Gasteiger charge is 2.08. The predicted molar refractivity (Wildman–Crippen MR) is 81.9 cm³/mol. The Bertz CT molecular complexity index is 418. The van der Waals surface area contributed by atoms with Gasteiger partial charge >= 0.3 is 0 Å². The Labute approximate surface area is 121 Å². The molecule has 20 heavy (non-hydrogen) atoms. The Balaban J connectivity index is 2.18. The Morgan fingerprint density at radius 1 is 1.30 bits per heavy atom. The number of nitrogens with zero attached hydrogens (tertiary/aromatic N) is 1. The van der Waals surface area contributed by atoms with Crippen molar-refractivity contribution in [2.45, 2.75) is 13.8 Å². The van der Waals surface area contributed by atoms with E-state index in [4.69, 9.17) is 4.74 Å². The number of rotatable bonds is 9. The normalized spacial score (nSPS) is 10.3. The zero-order valence-corrected chi connectivity index (χ0v) is 12.4. The fourth-order valence-corrected chi connectivity index (χ4v) is 1.80. The van der Waals surface area contributed by atoms with E-state index in [9.17, 15) is 4.79 Å². The molecule has 110 valence electrons. The van der Waals surface area contributed by atoms with Gasteiger partial charge in [0.2, 0.25) is 5.91 Å². The molecule has 0 unspecified atom stereocenters. The van der Waals surface area contributed by atoms with Crippen molar-refractivity contribution in [1.29, 1.82) is 0 Å². The number of carbonyl (C=O) groups is 1. The van der Waals surface area contributed by atoms with Gasteiger partial charge in [-0.25, -0.2) is 0 Å². The third kappa shape index (κ3) is 6.95. The molecule has 1 aromatic carbocycles. The van der Waals surface area contributed by atoms with Crippen molar-refractivity contribution >= 4 is 5.91 Å². The zero-order valence-electron chi connectivity index (χ0n) is 12.4. The van der Waals surface area contributed by atoms with E-state index in [2.05, 4.69) is 16.8 Å². The summed E-state index contributed by atoms with van der Waals surface area (Å²) in [5.74, 6) is 0.837. The first-order valence-corrected chi connectivity index (χ1v) is 6.93. The van der Waals surface area contributed by atoms with Crippen molar-refractivity contribution in [1.82, 2.24) is 10.2 Å². The molecule has 0 radical (unpaired) electrons.